The molecular formula is C11H18N2O4. The number of rotatable bonds is 4. The maximum absolute atomic E-state index is 11.7. The van der Waals surface area contributed by atoms with Gasteiger partial charge in [0.15, 0.2) is 0 Å². The maximum atomic E-state index is 11.7. The third-order valence-corrected chi connectivity index (χ3v) is 2.05. The standard InChI is InChI=1S/C11H18N2O4/c1-8-5-9(14)13(17-8)10(15)6-12(4)7-11(2,3)16/h5,16H,6-7H2,1-4H3. The second-order valence-electron chi connectivity index (χ2n) is 4.86. The van der Waals surface area contributed by atoms with Gasteiger partial charge in [0.2, 0.25) is 0 Å². The highest BCUT2D eigenvalue weighted by atomic mass is 16.5. The van der Waals surface area contributed by atoms with Crippen molar-refractivity contribution in [3.05, 3.63) is 22.2 Å². The van der Waals surface area contributed by atoms with Gasteiger partial charge in [-0.1, -0.05) is 0 Å². The summed E-state index contributed by atoms with van der Waals surface area (Å²) in [6.45, 7) is 5.24. The van der Waals surface area contributed by atoms with Crippen molar-refractivity contribution in [1.29, 1.82) is 0 Å². The number of carbonyl (C=O) groups is 1. The monoisotopic (exact) mass is 242 g/mol. The summed E-state index contributed by atoms with van der Waals surface area (Å²) in [5.41, 5.74) is -1.36. The lowest BCUT2D eigenvalue weighted by molar-refractivity contribution is 0.0392. The Morgan fingerprint density at radius 1 is 1.59 bits per heavy atom. The van der Waals surface area contributed by atoms with Gasteiger partial charge in [0, 0.05) is 12.6 Å². The molecule has 1 N–H and O–H groups in total. The zero-order valence-electron chi connectivity index (χ0n) is 10.6. The smallest absolute Gasteiger partial charge is 0.290 e. The molecule has 1 heterocycles. The molecule has 0 atom stereocenters. The van der Waals surface area contributed by atoms with E-state index in [1.165, 1.54) is 6.07 Å². The Hall–Kier alpha value is -1.40. The number of aromatic nitrogens is 1. The number of hydrogen-bond donors (Lipinski definition) is 1. The summed E-state index contributed by atoms with van der Waals surface area (Å²) >= 11 is 0. The Labute approximate surface area is 99.4 Å². The van der Waals surface area contributed by atoms with Gasteiger partial charge in [-0.2, -0.15) is 0 Å². The molecule has 96 valence electrons. The third-order valence-electron chi connectivity index (χ3n) is 2.05. The highest BCUT2D eigenvalue weighted by molar-refractivity contribution is 5.79. The van der Waals surface area contributed by atoms with E-state index in [0.717, 1.165) is 4.74 Å². The lowest BCUT2D eigenvalue weighted by atomic mass is 10.1. The van der Waals surface area contributed by atoms with Gasteiger partial charge in [0.25, 0.3) is 11.5 Å². The predicted molar refractivity (Wildman–Crippen MR) is 62.1 cm³/mol. The van der Waals surface area contributed by atoms with Crippen LogP contribution in [0.5, 0.6) is 0 Å². The van der Waals surface area contributed by atoms with E-state index < -0.39 is 17.1 Å². The molecule has 1 aromatic heterocycles. The highest BCUT2D eigenvalue weighted by Gasteiger charge is 2.19. The molecule has 0 saturated carbocycles. The molecule has 0 aromatic carbocycles. The van der Waals surface area contributed by atoms with Gasteiger partial charge in [-0.05, 0) is 27.8 Å². The van der Waals surface area contributed by atoms with Crippen LogP contribution in [0.15, 0.2) is 15.4 Å². The first-order valence-electron chi connectivity index (χ1n) is 5.33. The normalized spacial score (nSPS) is 12.1. The molecular weight excluding hydrogens is 224 g/mol. The first-order chi connectivity index (χ1) is 7.69. The fourth-order valence-corrected chi connectivity index (χ4v) is 1.63. The van der Waals surface area contributed by atoms with Crippen LogP contribution in [0.1, 0.15) is 24.4 Å². The fraction of sp³-hybridized carbons (Fsp3) is 0.636. The van der Waals surface area contributed by atoms with E-state index >= 15 is 0 Å². The second kappa shape index (κ2) is 4.85. The molecule has 0 radical (unpaired) electrons. The quantitative estimate of drug-likeness (QED) is 0.810. The molecule has 0 spiro atoms. The molecule has 0 aliphatic heterocycles. The molecule has 0 aliphatic rings. The van der Waals surface area contributed by atoms with E-state index in [0.29, 0.717) is 12.3 Å². The topological polar surface area (TPSA) is 75.7 Å². The van der Waals surface area contributed by atoms with Crippen molar-refractivity contribution < 1.29 is 14.4 Å². The van der Waals surface area contributed by atoms with Crippen molar-refractivity contribution in [3.63, 3.8) is 0 Å². The summed E-state index contributed by atoms with van der Waals surface area (Å²) in [7, 11) is 1.69. The minimum Gasteiger partial charge on any atom is -0.389 e. The van der Waals surface area contributed by atoms with Crippen LogP contribution >= 0.6 is 0 Å². The molecule has 0 fully saturated rings. The van der Waals surface area contributed by atoms with E-state index in [1.807, 2.05) is 0 Å². The van der Waals surface area contributed by atoms with Crippen LogP contribution in [0.4, 0.5) is 0 Å². The Balaban J connectivity index is 2.67. The molecule has 6 heteroatoms. The summed E-state index contributed by atoms with van der Waals surface area (Å²) in [5, 5.41) is 9.59. The van der Waals surface area contributed by atoms with Crippen LogP contribution in [0.25, 0.3) is 0 Å². The lowest BCUT2D eigenvalue weighted by Gasteiger charge is -2.24. The first kappa shape index (κ1) is 13.7. The van der Waals surface area contributed by atoms with Gasteiger partial charge in [-0.25, -0.2) is 0 Å². The molecule has 1 aromatic rings. The van der Waals surface area contributed by atoms with Gasteiger partial charge in [0.05, 0.1) is 12.1 Å². The number of nitrogens with zero attached hydrogens (tertiary/aromatic N) is 2. The van der Waals surface area contributed by atoms with Crippen LogP contribution in [-0.4, -0.2) is 46.4 Å². The average molecular weight is 242 g/mol. The molecule has 1 rings (SSSR count). The zero-order valence-corrected chi connectivity index (χ0v) is 10.6. The molecule has 0 unspecified atom stereocenters. The Morgan fingerprint density at radius 3 is 2.59 bits per heavy atom. The highest BCUT2D eigenvalue weighted by Crippen LogP contribution is 2.03. The Morgan fingerprint density at radius 2 is 2.18 bits per heavy atom. The van der Waals surface area contributed by atoms with Crippen LogP contribution < -0.4 is 5.56 Å². The number of aliphatic hydroxyl groups is 1. The van der Waals surface area contributed by atoms with Crippen molar-refractivity contribution in [2.45, 2.75) is 26.4 Å². The van der Waals surface area contributed by atoms with Crippen molar-refractivity contribution in [2.24, 2.45) is 0 Å². The predicted octanol–water partition coefficient (Wildman–Crippen LogP) is 0.0926. The van der Waals surface area contributed by atoms with Crippen LogP contribution in [0, 0.1) is 6.92 Å². The van der Waals surface area contributed by atoms with Crippen LogP contribution in [0.3, 0.4) is 0 Å². The largest absolute Gasteiger partial charge is 0.389 e. The number of likely N-dealkylation sites (N-methyl/N-ethyl adjacent to an activating group) is 1. The van der Waals surface area contributed by atoms with E-state index in [1.54, 1.807) is 32.7 Å². The minimum absolute atomic E-state index is 0.0108. The third kappa shape index (κ3) is 4.16. The van der Waals surface area contributed by atoms with Crippen molar-refractivity contribution in [3.8, 4) is 0 Å². The van der Waals surface area contributed by atoms with Gasteiger partial charge >= 0.3 is 0 Å². The minimum atomic E-state index is -0.890. The molecule has 6 nitrogen and oxygen atoms in total. The van der Waals surface area contributed by atoms with Crippen LogP contribution in [0.2, 0.25) is 0 Å². The van der Waals surface area contributed by atoms with Crippen molar-refractivity contribution in [1.82, 2.24) is 9.64 Å². The first-order valence-corrected chi connectivity index (χ1v) is 5.33. The molecule has 0 saturated heterocycles. The number of aryl methyl sites for hydroxylation is 1. The second-order valence-corrected chi connectivity index (χ2v) is 4.86. The lowest BCUT2D eigenvalue weighted by Crippen LogP contribution is -2.41. The van der Waals surface area contributed by atoms with Crippen LogP contribution in [-0.2, 0) is 0 Å². The molecule has 0 aliphatic carbocycles. The summed E-state index contributed by atoms with van der Waals surface area (Å²) in [5.74, 6) is -0.0525. The summed E-state index contributed by atoms with van der Waals surface area (Å²) in [4.78, 5) is 24.7. The maximum Gasteiger partial charge on any atom is 0.290 e. The fourth-order valence-electron chi connectivity index (χ4n) is 1.63. The molecule has 0 bridgehead atoms. The van der Waals surface area contributed by atoms with Gasteiger partial charge < -0.3 is 9.63 Å². The molecule has 0 amide bonds. The summed E-state index contributed by atoms with van der Waals surface area (Å²) < 4.78 is 5.70. The van der Waals surface area contributed by atoms with E-state index in [2.05, 4.69) is 0 Å². The van der Waals surface area contributed by atoms with E-state index in [4.69, 9.17) is 4.52 Å². The van der Waals surface area contributed by atoms with Crippen molar-refractivity contribution in [2.75, 3.05) is 20.1 Å². The van der Waals surface area contributed by atoms with Gasteiger partial charge in [-0.3, -0.25) is 14.5 Å². The number of hydrogen-bond acceptors (Lipinski definition) is 5. The number of carbonyl (C=O) groups excluding carboxylic acids is 1. The average Bonchev–Trinajstić information content (AvgIpc) is 2.41. The summed E-state index contributed by atoms with van der Waals surface area (Å²) in [6.07, 6.45) is 0. The zero-order chi connectivity index (χ0) is 13.2. The SMILES string of the molecule is Cc1cc(=O)n(C(=O)CN(C)CC(C)(C)O)o1. The van der Waals surface area contributed by atoms with Gasteiger partial charge in [0.1, 0.15) is 5.76 Å². The molecule has 17 heavy (non-hydrogen) atoms. The van der Waals surface area contributed by atoms with E-state index in [9.17, 15) is 14.7 Å². The summed E-state index contributed by atoms with van der Waals surface area (Å²) in [6, 6.07) is 1.26. The Bertz CT molecular complexity index is 453. The Kier molecular flexibility index (Phi) is 3.90. The van der Waals surface area contributed by atoms with E-state index in [-0.39, 0.29) is 6.54 Å². The van der Waals surface area contributed by atoms with Crippen molar-refractivity contribution >= 4 is 5.91 Å². The van der Waals surface area contributed by atoms with Gasteiger partial charge in [-0.15, -0.1) is 4.74 Å².